The molecule has 0 heterocycles. The molecule has 0 amide bonds. The predicted molar refractivity (Wildman–Crippen MR) is 136 cm³/mol. The van der Waals surface area contributed by atoms with Crippen LogP contribution in [-0.2, 0) is 11.1 Å². The van der Waals surface area contributed by atoms with Crippen LogP contribution in [-0.4, -0.2) is 49.0 Å². The number of hydrogen-bond donors (Lipinski definition) is 6. The SMILES string of the molecule is CCNC(NCC)=[NH+]C[NH+]=C(NCC)NCC.Cc1ccc(OS(=O)c2ccccc2)cc1. The van der Waals surface area contributed by atoms with Gasteiger partial charge in [-0.2, -0.15) is 0 Å². The number of nitrogens with one attached hydrogen (secondary N) is 6. The molecule has 0 bridgehead atoms. The van der Waals surface area contributed by atoms with Crippen molar-refractivity contribution in [3.8, 4) is 5.75 Å². The van der Waals surface area contributed by atoms with Crippen LogP contribution in [0.3, 0.4) is 0 Å². The first-order valence-corrected chi connectivity index (χ1v) is 12.5. The summed E-state index contributed by atoms with van der Waals surface area (Å²) in [7, 11) is 0. The Balaban J connectivity index is 0.000000330. The molecule has 0 fully saturated rings. The summed E-state index contributed by atoms with van der Waals surface area (Å²) in [5, 5.41) is 12.9. The van der Waals surface area contributed by atoms with Crippen molar-refractivity contribution in [2.24, 2.45) is 0 Å². The summed E-state index contributed by atoms with van der Waals surface area (Å²) in [6, 6.07) is 16.6. The Morgan fingerprint density at radius 2 is 1.21 bits per heavy atom. The second-order valence-corrected chi connectivity index (χ2v) is 7.95. The topological polar surface area (TPSA) is 102 Å². The second kappa shape index (κ2) is 17.5. The molecule has 9 heteroatoms. The van der Waals surface area contributed by atoms with Crippen LogP contribution in [0.5, 0.6) is 5.75 Å². The van der Waals surface area contributed by atoms with Crippen LogP contribution < -0.4 is 35.4 Å². The molecule has 8 nitrogen and oxygen atoms in total. The van der Waals surface area contributed by atoms with E-state index in [1.165, 1.54) is 0 Å². The summed E-state index contributed by atoms with van der Waals surface area (Å²) in [4.78, 5) is 7.17. The summed E-state index contributed by atoms with van der Waals surface area (Å²) in [5.41, 5.74) is 1.15. The molecule has 0 spiro atoms. The molecule has 0 aromatic heterocycles. The van der Waals surface area contributed by atoms with Crippen molar-refractivity contribution in [1.29, 1.82) is 0 Å². The average Bonchev–Trinajstić information content (AvgIpc) is 2.82. The maximum atomic E-state index is 11.8. The highest BCUT2D eigenvalue weighted by Gasteiger charge is 2.05. The number of rotatable bonds is 9. The third-order valence-electron chi connectivity index (χ3n) is 4.07. The molecule has 0 aliphatic carbocycles. The van der Waals surface area contributed by atoms with Gasteiger partial charge in [0.2, 0.25) is 11.1 Å². The minimum atomic E-state index is -1.44. The van der Waals surface area contributed by atoms with Crippen LogP contribution >= 0.6 is 0 Å². The summed E-state index contributed by atoms with van der Waals surface area (Å²) >= 11 is -1.44. The van der Waals surface area contributed by atoms with Crippen molar-refractivity contribution in [2.45, 2.75) is 39.5 Å². The van der Waals surface area contributed by atoms with Gasteiger partial charge in [-0.25, -0.2) is 14.2 Å². The molecular weight excluding hydrogens is 436 g/mol. The van der Waals surface area contributed by atoms with E-state index in [1.54, 1.807) is 12.1 Å². The normalized spacial score (nSPS) is 10.6. The second-order valence-electron chi connectivity index (χ2n) is 6.85. The van der Waals surface area contributed by atoms with Gasteiger partial charge in [0.05, 0.1) is 31.1 Å². The summed E-state index contributed by atoms with van der Waals surface area (Å²) in [6.07, 6.45) is 0. The maximum Gasteiger partial charge on any atom is 0.345 e. The van der Waals surface area contributed by atoms with E-state index in [-0.39, 0.29) is 0 Å². The summed E-state index contributed by atoms with van der Waals surface area (Å²) < 4.78 is 17.1. The first-order valence-electron chi connectivity index (χ1n) is 11.4. The molecule has 182 valence electrons. The Morgan fingerprint density at radius 3 is 1.64 bits per heavy atom. The molecule has 2 aromatic rings. The lowest BCUT2D eigenvalue weighted by Gasteiger charge is -2.04. The van der Waals surface area contributed by atoms with Gasteiger partial charge in [-0.1, -0.05) is 35.9 Å². The fraction of sp³-hybridized carbons (Fsp3) is 0.417. The first kappa shape index (κ1) is 28.0. The molecule has 33 heavy (non-hydrogen) atoms. The van der Waals surface area contributed by atoms with Gasteiger partial charge in [0.25, 0.3) is 0 Å². The van der Waals surface area contributed by atoms with Gasteiger partial charge in [0.1, 0.15) is 5.75 Å². The Hall–Kier alpha value is -3.07. The summed E-state index contributed by atoms with van der Waals surface area (Å²) in [6.45, 7) is 14.5. The molecule has 2 aromatic carbocycles. The Labute approximate surface area is 201 Å². The third-order valence-corrected chi connectivity index (χ3v) is 5.07. The van der Waals surface area contributed by atoms with Gasteiger partial charge in [-0.05, 0) is 58.9 Å². The van der Waals surface area contributed by atoms with E-state index in [1.807, 2.05) is 49.4 Å². The molecule has 0 aliphatic rings. The smallest absolute Gasteiger partial charge is 0.345 e. The zero-order valence-electron chi connectivity index (χ0n) is 20.5. The lowest BCUT2D eigenvalue weighted by atomic mass is 10.2. The van der Waals surface area contributed by atoms with E-state index >= 15 is 0 Å². The molecule has 0 aliphatic heterocycles. The Kier molecular flexibility index (Phi) is 14.8. The van der Waals surface area contributed by atoms with E-state index in [2.05, 4.69) is 58.9 Å². The minimum Gasteiger partial charge on any atom is -0.397 e. The Bertz CT molecular complexity index is 817. The molecule has 1 unspecified atom stereocenters. The van der Waals surface area contributed by atoms with Crippen LogP contribution in [0.4, 0.5) is 0 Å². The average molecular weight is 477 g/mol. The van der Waals surface area contributed by atoms with Crippen LogP contribution in [0.1, 0.15) is 33.3 Å². The molecule has 0 saturated carbocycles. The maximum absolute atomic E-state index is 11.8. The zero-order valence-corrected chi connectivity index (χ0v) is 21.3. The standard InChI is InChI=1S/C13H12O2S.C11H26N6/c1-11-7-9-12(10-8-11)15-16(14)13-5-3-2-4-6-13;1-5-12-10(13-6-2)16-9-17-11(14-7-3)15-8-4/h2-10H,1H3;5-9H2,1-4H3,(H2,12,13,16)(H2,14,15,17)/p+2. The molecule has 6 N–H and O–H groups in total. The largest absolute Gasteiger partial charge is 0.397 e. The van der Waals surface area contributed by atoms with Crippen molar-refractivity contribution >= 4 is 23.0 Å². The van der Waals surface area contributed by atoms with E-state index in [0.717, 1.165) is 43.7 Å². The van der Waals surface area contributed by atoms with Gasteiger partial charge >= 0.3 is 11.9 Å². The minimum absolute atomic E-state index is 0.618. The van der Waals surface area contributed by atoms with Crippen molar-refractivity contribution < 1.29 is 18.4 Å². The molecular formula is C24H40N6O2S+2. The van der Waals surface area contributed by atoms with Crippen LogP contribution in [0.15, 0.2) is 59.5 Å². The van der Waals surface area contributed by atoms with Gasteiger partial charge in [0.15, 0.2) is 6.67 Å². The number of hydrogen-bond acceptors (Lipinski definition) is 2. The predicted octanol–water partition coefficient (Wildman–Crippen LogP) is -0.648. The lowest BCUT2D eigenvalue weighted by Crippen LogP contribution is -2.98. The molecule has 2 rings (SSSR count). The van der Waals surface area contributed by atoms with Gasteiger partial charge in [-0.3, -0.25) is 21.3 Å². The lowest BCUT2D eigenvalue weighted by molar-refractivity contribution is -0.683. The van der Waals surface area contributed by atoms with E-state index in [9.17, 15) is 4.21 Å². The number of aryl methyl sites for hydroxylation is 1. The van der Waals surface area contributed by atoms with Gasteiger partial charge in [-0.15, -0.1) is 0 Å². The highest BCUT2D eigenvalue weighted by Crippen LogP contribution is 2.15. The third kappa shape index (κ3) is 12.5. The Morgan fingerprint density at radius 1 is 0.758 bits per heavy atom. The van der Waals surface area contributed by atoms with E-state index < -0.39 is 11.1 Å². The van der Waals surface area contributed by atoms with Gasteiger partial charge in [0, 0.05) is 0 Å². The van der Waals surface area contributed by atoms with Crippen molar-refractivity contribution in [1.82, 2.24) is 21.3 Å². The van der Waals surface area contributed by atoms with Gasteiger partial charge < -0.3 is 4.18 Å². The first-order chi connectivity index (χ1) is 16.0. The van der Waals surface area contributed by atoms with Crippen LogP contribution in [0.25, 0.3) is 0 Å². The number of guanidine groups is 2. The van der Waals surface area contributed by atoms with Crippen LogP contribution in [0.2, 0.25) is 0 Å². The highest BCUT2D eigenvalue weighted by atomic mass is 32.2. The fourth-order valence-corrected chi connectivity index (χ4v) is 3.33. The molecule has 1 atom stereocenters. The van der Waals surface area contributed by atoms with Crippen molar-refractivity contribution in [3.05, 3.63) is 60.2 Å². The van der Waals surface area contributed by atoms with E-state index in [4.69, 9.17) is 4.18 Å². The summed E-state index contributed by atoms with van der Waals surface area (Å²) in [5.74, 6) is 2.53. The van der Waals surface area contributed by atoms with Crippen molar-refractivity contribution in [3.63, 3.8) is 0 Å². The molecule has 0 saturated heterocycles. The quantitative estimate of drug-likeness (QED) is 0.163. The monoisotopic (exact) mass is 476 g/mol. The fourth-order valence-electron chi connectivity index (χ4n) is 2.56. The number of benzene rings is 2. The highest BCUT2D eigenvalue weighted by molar-refractivity contribution is 7.80. The van der Waals surface area contributed by atoms with Crippen molar-refractivity contribution in [2.75, 3.05) is 32.8 Å². The van der Waals surface area contributed by atoms with Crippen LogP contribution in [0, 0.1) is 6.92 Å². The van der Waals surface area contributed by atoms with E-state index in [0.29, 0.717) is 17.3 Å². The zero-order chi connectivity index (χ0) is 24.3. The molecule has 0 radical (unpaired) electrons.